The fraction of sp³-hybridized carbons (Fsp3) is 0. The SMILES string of the molecule is O=C(O)c1ccc(NC(=O)c2cc(Cl)ccc2Br)c(F)c1. The fourth-order valence-electron chi connectivity index (χ4n) is 1.61. The first-order chi connectivity index (χ1) is 9.88. The first-order valence-corrected chi connectivity index (χ1v) is 6.85. The Kier molecular flexibility index (Phi) is 4.59. The van der Waals surface area contributed by atoms with Crippen LogP contribution in [0, 0.1) is 5.82 Å². The Morgan fingerprint density at radius 2 is 1.90 bits per heavy atom. The quantitative estimate of drug-likeness (QED) is 0.849. The van der Waals surface area contributed by atoms with Crippen molar-refractivity contribution in [3.8, 4) is 0 Å². The zero-order valence-electron chi connectivity index (χ0n) is 10.4. The van der Waals surface area contributed by atoms with Crippen LogP contribution >= 0.6 is 27.5 Å². The van der Waals surface area contributed by atoms with E-state index in [2.05, 4.69) is 21.2 Å². The van der Waals surface area contributed by atoms with Gasteiger partial charge in [0.15, 0.2) is 0 Å². The minimum atomic E-state index is -1.25. The van der Waals surface area contributed by atoms with Crippen molar-refractivity contribution in [1.82, 2.24) is 0 Å². The van der Waals surface area contributed by atoms with Crippen LogP contribution in [0.2, 0.25) is 5.02 Å². The average Bonchev–Trinajstić information content (AvgIpc) is 2.43. The molecule has 0 atom stereocenters. The lowest BCUT2D eigenvalue weighted by atomic mass is 10.1. The lowest BCUT2D eigenvalue weighted by Crippen LogP contribution is -2.14. The molecule has 0 bridgehead atoms. The van der Waals surface area contributed by atoms with Gasteiger partial charge >= 0.3 is 5.97 Å². The van der Waals surface area contributed by atoms with Gasteiger partial charge in [0.05, 0.1) is 16.8 Å². The van der Waals surface area contributed by atoms with E-state index in [4.69, 9.17) is 16.7 Å². The first kappa shape index (κ1) is 15.5. The molecule has 7 heteroatoms. The molecule has 2 rings (SSSR count). The molecule has 0 aliphatic rings. The van der Waals surface area contributed by atoms with Crippen molar-refractivity contribution < 1.29 is 19.1 Å². The predicted octanol–water partition coefficient (Wildman–Crippen LogP) is 4.19. The van der Waals surface area contributed by atoms with E-state index in [1.807, 2.05) is 0 Å². The number of nitrogens with one attached hydrogen (secondary N) is 1. The highest BCUT2D eigenvalue weighted by Gasteiger charge is 2.14. The molecule has 0 aliphatic carbocycles. The summed E-state index contributed by atoms with van der Waals surface area (Å²) in [7, 11) is 0. The monoisotopic (exact) mass is 371 g/mol. The van der Waals surface area contributed by atoms with E-state index < -0.39 is 17.7 Å². The number of hydrogen-bond donors (Lipinski definition) is 2. The first-order valence-electron chi connectivity index (χ1n) is 5.67. The lowest BCUT2D eigenvalue weighted by molar-refractivity contribution is 0.0696. The Bertz CT molecular complexity index is 736. The maximum Gasteiger partial charge on any atom is 0.335 e. The van der Waals surface area contributed by atoms with Crippen LogP contribution in [0.5, 0.6) is 0 Å². The summed E-state index contributed by atoms with van der Waals surface area (Å²) in [5.41, 5.74) is -0.0736. The van der Waals surface area contributed by atoms with E-state index in [0.717, 1.165) is 6.07 Å². The number of aromatic carboxylic acids is 1. The van der Waals surface area contributed by atoms with Crippen LogP contribution in [0.25, 0.3) is 0 Å². The van der Waals surface area contributed by atoms with Crippen molar-refractivity contribution in [1.29, 1.82) is 0 Å². The van der Waals surface area contributed by atoms with Crippen LogP contribution in [0.4, 0.5) is 10.1 Å². The number of carbonyl (C=O) groups excluding carboxylic acids is 1. The van der Waals surface area contributed by atoms with Gasteiger partial charge in [-0.2, -0.15) is 0 Å². The molecule has 0 radical (unpaired) electrons. The van der Waals surface area contributed by atoms with Crippen LogP contribution in [-0.2, 0) is 0 Å². The van der Waals surface area contributed by atoms with E-state index in [9.17, 15) is 14.0 Å². The van der Waals surface area contributed by atoms with Gasteiger partial charge < -0.3 is 10.4 Å². The van der Waals surface area contributed by atoms with Crippen molar-refractivity contribution in [2.24, 2.45) is 0 Å². The third-order valence-electron chi connectivity index (χ3n) is 2.64. The summed E-state index contributed by atoms with van der Waals surface area (Å²) in [6.07, 6.45) is 0. The minimum absolute atomic E-state index is 0.114. The van der Waals surface area contributed by atoms with Gasteiger partial charge in [-0.05, 0) is 52.3 Å². The Balaban J connectivity index is 2.27. The number of carboxylic acids is 1. The standard InChI is InChI=1S/C14H8BrClFNO3/c15-10-3-2-8(16)6-9(10)13(19)18-12-4-1-7(14(20)21)5-11(12)17/h1-6H,(H,18,19)(H,20,21). The molecule has 0 spiro atoms. The summed E-state index contributed by atoms with van der Waals surface area (Å²) >= 11 is 9.01. The van der Waals surface area contributed by atoms with Crippen LogP contribution in [0.15, 0.2) is 40.9 Å². The zero-order chi connectivity index (χ0) is 15.6. The average molecular weight is 373 g/mol. The molecule has 0 unspecified atom stereocenters. The molecular formula is C14H8BrClFNO3. The molecule has 1 amide bonds. The van der Waals surface area contributed by atoms with Gasteiger partial charge in [-0.1, -0.05) is 11.6 Å². The molecule has 0 saturated carbocycles. The highest BCUT2D eigenvalue weighted by molar-refractivity contribution is 9.10. The number of benzene rings is 2. The van der Waals surface area contributed by atoms with E-state index in [1.165, 1.54) is 18.2 Å². The molecule has 2 aromatic carbocycles. The second kappa shape index (κ2) is 6.24. The van der Waals surface area contributed by atoms with Crippen LogP contribution in [-0.4, -0.2) is 17.0 Å². The van der Waals surface area contributed by atoms with Gasteiger partial charge in [0, 0.05) is 9.50 Å². The highest BCUT2D eigenvalue weighted by Crippen LogP contribution is 2.23. The molecule has 0 heterocycles. The van der Waals surface area contributed by atoms with Crippen molar-refractivity contribution >= 4 is 45.1 Å². The maximum atomic E-state index is 13.8. The third-order valence-corrected chi connectivity index (χ3v) is 3.56. The smallest absolute Gasteiger partial charge is 0.335 e. The summed E-state index contributed by atoms with van der Waals surface area (Å²) in [4.78, 5) is 22.8. The fourth-order valence-corrected chi connectivity index (χ4v) is 2.21. The molecule has 0 saturated heterocycles. The second-order valence-electron chi connectivity index (χ2n) is 4.08. The molecule has 2 aromatic rings. The van der Waals surface area contributed by atoms with Crippen LogP contribution in [0.1, 0.15) is 20.7 Å². The molecule has 21 heavy (non-hydrogen) atoms. The van der Waals surface area contributed by atoms with Gasteiger partial charge in [-0.15, -0.1) is 0 Å². The normalized spacial score (nSPS) is 10.2. The largest absolute Gasteiger partial charge is 0.478 e. The van der Waals surface area contributed by atoms with Gasteiger partial charge in [-0.25, -0.2) is 9.18 Å². The van der Waals surface area contributed by atoms with Crippen molar-refractivity contribution in [3.05, 3.63) is 62.8 Å². The number of carbonyl (C=O) groups is 2. The lowest BCUT2D eigenvalue weighted by Gasteiger charge is -2.08. The van der Waals surface area contributed by atoms with Crippen molar-refractivity contribution in [2.75, 3.05) is 5.32 Å². The second-order valence-corrected chi connectivity index (χ2v) is 5.37. The van der Waals surface area contributed by atoms with Crippen LogP contribution < -0.4 is 5.32 Å². The Labute approximate surface area is 132 Å². The van der Waals surface area contributed by atoms with E-state index >= 15 is 0 Å². The summed E-state index contributed by atoms with van der Waals surface area (Å²) in [6, 6.07) is 7.87. The molecule has 0 aromatic heterocycles. The van der Waals surface area contributed by atoms with Crippen molar-refractivity contribution in [2.45, 2.75) is 0 Å². The van der Waals surface area contributed by atoms with Gasteiger partial charge in [0.25, 0.3) is 5.91 Å². The summed E-state index contributed by atoms with van der Waals surface area (Å²) in [6.45, 7) is 0. The Hall–Kier alpha value is -1.92. The van der Waals surface area contributed by atoms with Gasteiger partial charge in [-0.3, -0.25) is 4.79 Å². The minimum Gasteiger partial charge on any atom is -0.478 e. The number of carboxylic acid groups (broad SMARTS) is 1. The number of hydrogen-bond acceptors (Lipinski definition) is 2. The number of halogens is 3. The van der Waals surface area contributed by atoms with E-state index in [0.29, 0.717) is 9.50 Å². The van der Waals surface area contributed by atoms with E-state index in [-0.39, 0.29) is 16.8 Å². The summed E-state index contributed by atoms with van der Waals surface area (Å²) in [5, 5.41) is 11.5. The third kappa shape index (κ3) is 3.59. The highest BCUT2D eigenvalue weighted by atomic mass is 79.9. The summed E-state index contributed by atoms with van der Waals surface area (Å²) < 4.78 is 14.3. The van der Waals surface area contributed by atoms with E-state index in [1.54, 1.807) is 12.1 Å². The molecule has 4 nitrogen and oxygen atoms in total. The maximum absolute atomic E-state index is 13.8. The topological polar surface area (TPSA) is 66.4 Å². The molecule has 108 valence electrons. The predicted molar refractivity (Wildman–Crippen MR) is 80.5 cm³/mol. The molecular weight excluding hydrogens is 365 g/mol. The van der Waals surface area contributed by atoms with Crippen molar-refractivity contribution in [3.63, 3.8) is 0 Å². The van der Waals surface area contributed by atoms with Gasteiger partial charge in [0.1, 0.15) is 5.82 Å². The number of rotatable bonds is 3. The Morgan fingerprint density at radius 1 is 1.19 bits per heavy atom. The van der Waals surface area contributed by atoms with Crippen LogP contribution in [0.3, 0.4) is 0 Å². The number of amides is 1. The van der Waals surface area contributed by atoms with Gasteiger partial charge in [0.2, 0.25) is 0 Å². The zero-order valence-corrected chi connectivity index (χ0v) is 12.7. The number of anilines is 1. The summed E-state index contributed by atoms with van der Waals surface area (Å²) in [5.74, 6) is -2.64. The molecule has 0 fully saturated rings. The Morgan fingerprint density at radius 3 is 2.52 bits per heavy atom. The molecule has 0 aliphatic heterocycles. The molecule has 2 N–H and O–H groups in total.